The van der Waals surface area contributed by atoms with Gasteiger partial charge in [0, 0.05) is 19.2 Å². The summed E-state index contributed by atoms with van der Waals surface area (Å²) in [4.78, 5) is 11.0. The molecule has 5 nitrogen and oxygen atoms in total. The summed E-state index contributed by atoms with van der Waals surface area (Å²) in [6, 6.07) is 0. The first-order valence-electron chi connectivity index (χ1n) is 5.57. The van der Waals surface area contributed by atoms with Crippen LogP contribution in [0.4, 0.5) is 5.82 Å². The van der Waals surface area contributed by atoms with E-state index in [0.29, 0.717) is 19.8 Å². The number of anilines is 1. The average molecular weight is 222 g/mol. The minimum absolute atomic E-state index is 0.608. The fourth-order valence-electron chi connectivity index (χ4n) is 1.90. The summed E-state index contributed by atoms with van der Waals surface area (Å²) in [5.74, 6) is 1.80. The smallest absolute Gasteiger partial charge is 0.137 e. The first kappa shape index (κ1) is 11.3. The van der Waals surface area contributed by atoms with Crippen LogP contribution in [-0.4, -0.2) is 30.1 Å². The molecule has 1 aromatic rings. The first-order valence-corrected chi connectivity index (χ1v) is 5.57. The third kappa shape index (κ3) is 2.15. The Morgan fingerprint density at radius 1 is 1.38 bits per heavy atom. The van der Waals surface area contributed by atoms with Crippen LogP contribution in [0, 0.1) is 6.92 Å². The molecular formula is C11H18N4O. The van der Waals surface area contributed by atoms with Gasteiger partial charge in [0.05, 0.1) is 18.9 Å². The zero-order valence-corrected chi connectivity index (χ0v) is 9.86. The molecule has 0 atom stereocenters. The Morgan fingerprint density at radius 2 is 2.19 bits per heavy atom. The van der Waals surface area contributed by atoms with Gasteiger partial charge in [-0.3, -0.25) is 0 Å². The van der Waals surface area contributed by atoms with Gasteiger partial charge in [-0.1, -0.05) is 0 Å². The van der Waals surface area contributed by atoms with Crippen molar-refractivity contribution in [2.45, 2.75) is 26.6 Å². The van der Waals surface area contributed by atoms with Crippen molar-refractivity contribution in [1.29, 1.82) is 0 Å². The van der Waals surface area contributed by atoms with Gasteiger partial charge in [0.15, 0.2) is 0 Å². The highest BCUT2D eigenvalue weighted by atomic mass is 16.5. The van der Waals surface area contributed by atoms with Crippen molar-refractivity contribution >= 4 is 5.82 Å². The highest BCUT2D eigenvalue weighted by Crippen LogP contribution is 2.26. The maximum Gasteiger partial charge on any atom is 0.137 e. The molecule has 0 saturated carbocycles. The third-order valence-corrected chi connectivity index (χ3v) is 2.73. The lowest BCUT2D eigenvalue weighted by atomic mass is 10.2. The molecule has 0 amide bonds. The molecule has 1 aliphatic rings. The molecular weight excluding hydrogens is 204 g/mol. The average Bonchev–Trinajstić information content (AvgIpc) is 2.72. The quantitative estimate of drug-likeness (QED) is 0.808. The molecule has 0 spiro atoms. The van der Waals surface area contributed by atoms with Crippen LogP contribution in [0.3, 0.4) is 0 Å². The Balaban J connectivity index is 2.26. The highest BCUT2D eigenvalue weighted by Gasteiger charge is 2.20. The summed E-state index contributed by atoms with van der Waals surface area (Å²) in [6.45, 7) is 4.76. The molecule has 16 heavy (non-hydrogen) atoms. The third-order valence-electron chi connectivity index (χ3n) is 2.73. The molecule has 5 heteroatoms. The van der Waals surface area contributed by atoms with E-state index >= 15 is 0 Å². The van der Waals surface area contributed by atoms with E-state index in [2.05, 4.69) is 14.9 Å². The Hall–Kier alpha value is -1.20. The van der Waals surface area contributed by atoms with Gasteiger partial charge in [-0.05, 0) is 19.9 Å². The number of hydrogen-bond donors (Lipinski definition) is 1. The van der Waals surface area contributed by atoms with Crippen LogP contribution in [0.1, 0.15) is 23.5 Å². The van der Waals surface area contributed by atoms with Gasteiger partial charge in [-0.2, -0.15) is 0 Å². The fraction of sp³-hybridized carbons (Fsp3) is 0.636. The maximum absolute atomic E-state index is 5.51. The summed E-state index contributed by atoms with van der Waals surface area (Å²) >= 11 is 0. The van der Waals surface area contributed by atoms with E-state index in [4.69, 9.17) is 10.5 Å². The Kier molecular flexibility index (Phi) is 3.36. The van der Waals surface area contributed by atoms with Crippen LogP contribution in [0.15, 0.2) is 0 Å². The van der Waals surface area contributed by atoms with E-state index in [1.807, 2.05) is 14.0 Å². The number of nitrogens with zero attached hydrogens (tertiary/aromatic N) is 3. The topological polar surface area (TPSA) is 64.3 Å². The number of fused-ring (bicyclic) bond motifs is 1. The molecule has 0 fully saturated rings. The predicted octanol–water partition coefficient (Wildman–Crippen LogP) is 0.600. The van der Waals surface area contributed by atoms with Gasteiger partial charge >= 0.3 is 0 Å². The monoisotopic (exact) mass is 222 g/mol. The molecule has 2 rings (SSSR count). The highest BCUT2D eigenvalue weighted by molar-refractivity contribution is 5.49. The molecule has 88 valence electrons. The molecule has 2 N–H and O–H groups in total. The summed E-state index contributed by atoms with van der Waals surface area (Å²) in [5, 5.41) is 0. The van der Waals surface area contributed by atoms with Crippen LogP contribution in [0.2, 0.25) is 0 Å². The van der Waals surface area contributed by atoms with E-state index in [-0.39, 0.29) is 0 Å². The summed E-state index contributed by atoms with van der Waals surface area (Å²) in [5.41, 5.74) is 7.67. The Morgan fingerprint density at radius 3 is 2.94 bits per heavy atom. The Labute approximate surface area is 95.6 Å². The lowest BCUT2D eigenvalue weighted by Gasteiger charge is -2.20. The van der Waals surface area contributed by atoms with Crippen molar-refractivity contribution in [3.05, 3.63) is 17.1 Å². The number of rotatable bonds is 4. The maximum atomic E-state index is 5.51. The normalized spacial score (nSPS) is 13.9. The first-order chi connectivity index (χ1) is 7.72. The van der Waals surface area contributed by atoms with E-state index < -0.39 is 0 Å². The van der Waals surface area contributed by atoms with Crippen molar-refractivity contribution in [1.82, 2.24) is 9.97 Å². The van der Waals surface area contributed by atoms with Crippen LogP contribution >= 0.6 is 0 Å². The number of aromatic nitrogens is 2. The van der Waals surface area contributed by atoms with Crippen molar-refractivity contribution in [2.75, 3.05) is 25.0 Å². The lowest BCUT2D eigenvalue weighted by Crippen LogP contribution is -2.24. The van der Waals surface area contributed by atoms with Crippen molar-refractivity contribution in [2.24, 2.45) is 5.73 Å². The van der Waals surface area contributed by atoms with Crippen LogP contribution in [0.5, 0.6) is 0 Å². The van der Waals surface area contributed by atoms with Crippen LogP contribution in [-0.2, 0) is 18.0 Å². The molecule has 1 aliphatic heterocycles. The molecule has 1 aromatic heterocycles. The van der Waals surface area contributed by atoms with Gasteiger partial charge in [0.1, 0.15) is 11.6 Å². The fourth-order valence-corrected chi connectivity index (χ4v) is 1.90. The second-order valence-electron chi connectivity index (χ2n) is 4.08. The zero-order valence-electron chi connectivity index (χ0n) is 9.86. The minimum Gasteiger partial charge on any atom is -0.370 e. The molecule has 0 aliphatic carbocycles. The number of aryl methyl sites for hydroxylation is 1. The van der Waals surface area contributed by atoms with Crippen LogP contribution < -0.4 is 10.6 Å². The molecule has 0 aromatic carbocycles. The van der Waals surface area contributed by atoms with E-state index in [1.165, 1.54) is 0 Å². The molecule has 2 heterocycles. The largest absolute Gasteiger partial charge is 0.370 e. The second kappa shape index (κ2) is 4.76. The number of hydrogen-bond acceptors (Lipinski definition) is 5. The molecule has 0 saturated heterocycles. The van der Waals surface area contributed by atoms with Gasteiger partial charge in [0.25, 0.3) is 0 Å². The summed E-state index contributed by atoms with van der Waals surface area (Å²) in [7, 11) is 2.04. The second-order valence-corrected chi connectivity index (χ2v) is 4.08. The van der Waals surface area contributed by atoms with E-state index in [9.17, 15) is 0 Å². The number of nitrogens with two attached hydrogens (primary N) is 1. The van der Waals surface area contributed by atoms with Gasteiger partial charge in [-0.15, -0.1) is 0 Å². The zero-order chi connectivity index (χ0) is 11.5. The van der Waals surface area contributed by atoms with Gasteiger partial charge in [-0.25, -0.2) is 9.97 Å². The summed E-state index contributed by atoms with van der Waals surface area (Å²) in [6.07, 6.45) is 0.967. The van der Waals surface area contributed by atoms with E-state index in [0.717, 1.165) is 35.9 Å². The molecule has 0 radical (unpaired) electrons. The van der Waals surface area contributed by atoms with Crippen molar-refractivity contribution in [3.8, 4) is 0 Å². The lowest BCUT2D eigenvalue weighted by molar-refractivity contribution is 0.133. The standard InChI is InChI=1S/C11H18N4O/c1-8-13-10-7-16-6-9(10)11(14-8)15(2)5-3-4-12/h3-7,12H2,1-2H3. The summed E-state index contributed by atoms with van der Waals surface area (Å²) < 4.78 is 5.41. The van der Waals surface area contributed by atoms with E-state index in [1.54, 1.807) is 0 Å². The number of ether oxygens (including phenoxy) is 1. The molecule has 0 unspecified atom stereocenters. The SMILES string of the molecule is Cc1nc2c(c(N(C)CCCN)n1)COC2. The van der Waals surface area contributed by atoms with Crippen molar-refractivity contribution < 1.29 is 4.74 Å². The minimum atomic E-state index is 0.608. The van der Waals surface area contributed by atoms with Gasteiger partial charge in [0.2, 0.25) is 0 Å². The Bertz CT molecular complexity index is 380. The predicted molar refractivity (Wildman–Crippen MR) is 62.2 cm³/mol. The van der Waals surface area contributed by atoms with Gasteiger partial charge < -0.3 is 15.4 Å². The van der Waals surface area contributed by atoms with Crippen molar-refractivity contribution in [3.63, 3.8) is 0 Å². The van der Waals surface area contributed by atoms with Crippen LogP contribution in [0.25, 0.3) is 0 Å². The molecule has 0 bridgehead atoms.